The van der Waals surface area contributed by atoms with Crippen LogP contribution < -0.4 is 0 Å². The summed E-state index contributed by atoms with van der Waals surface area (Å²) in [5, 5.41) is 0. The molecule has 76 valence electrons. The zero-order valence-corrected chi connectivity index (χ0v) is 9.12. The number of rotatable bonds is 3. The molecule has 0 aliphatic carbocycles. The summed E-state index contributed by atoms with van der Waals surface area (Å²) in [5.74, 6) is 0.0444. The van der Waals surface area contributed by atoms with E-state index in [9.17, 15) is 4.79 Å². The van der Waals surface area contributed by atoms with E-state index >= 15 is 0 Å². The van der Waals surface area contributed by atoms with Gasteiger partial charge in [0.15, 0.2) is 5.78 Å². The fraction of sp³-hybridized carbons (Fsp3) is 0.182. The summed E-state index contributed by atoms with van der Waals surface area (Å²) in [6.07, 6.45) is 2.11. The monoisotopic (exact) mass is 218 g/mol. The maximum Gasteiger partial charge on any atom is 0.186 e. The van der Waals surface area contributed by atoms with Crippen LogP contribution >= 0.6 is 11.3 Å². The number of aryl methyl sites for hydroxylation is 1. The highest BCUT2D eigenvalue weighted by Gasteiger charge is 2.09. The first-order chi connectivity index (χ1) is 7.25. The van der Waals surface area contributed by atoms with Crippen molar-refractivity contribution in [2.24, 2.45) is 0 Å². The molecule has 0 saturated heterocycles. The van der Waals surface area contributed by atoms with Crippen molar-refractivity contribution >= 4 is 17.1 Å². The van der Waals surface area contributed by atoms with Gasteiger partial charge in [0.2, 0.25) is 0 Å². The fourth-order valence-corrected chi connectivity index (χ4v) is 1.87. The number of hydrogen-bond acceptors (Lipinski definition) is 4. The molecule has 0 fully saturated rings. The van der Waals surface area contributed by atoms with Gasteiger partial charge in [-0.25, -0.2) is 0 Å². The molecule has 0 atom stereocenters. The molecule has 0 aliphatic heterocycles. The van der Waals surface area contributed by atoms with Crippen molar-refractivity contribution in [2.75, 3.05) is 0 Å². The minimum absolute atomic E-state index is 0.0444. The Labute approximate surface area is 91.8 Å². The third kappa shape index (κ3) is 2.47. The lowest BCUT2D eigenvalue weighted by Gasteiger charge is -1.98. The van der Waals surface area contributed by atoms with Crippen molar-refractivity contribution in [1.82, 2.24) is 9.97 Å². The van der Waals surface area contributed by atoms with Crippen LogP contribution in [0.25, 0.3) is 0 Å². The summed E-state index contributed by atoms with van der Waals surface area (Å²) in [6, 6.07) is 5.47. The Bertz CT molecular complexity index is 465. The fourth-order valence-electron chi connectivity index (χ4n) is 1.28. The van der Waals surface area contributed by atoms with Gasteiger partial charge in [-0.05, 0) is 19.1 Å². The van der Waals surface area contributed by atoms with Crippen LogP contribution in [0, 0.1) is 6.92 Å². The summed E-state index contributed by atoms with van der Waals surface area (Å²) < 4.78 is 0. The van der Waals surface area contributed by atoms with Gasteiger partial charge < -0.3 is 0 Å². The van der Waals surface area contributed by atoms with Gasteiger partial charge in [0.05, 0.1) is 5.51 Å². The maximum absolute atomic E-state index is 11.8. The minimum Gasteiger partial charge on any atom is -0.292 e. The van der Waals surface area contributed by atoms with Gasteiger partial charge in [-0.2, -0.15) is 0 Å². The van der Waals surface area contributed by atoms with E-state index in [0.717, 1.165) is 10.6 Å². The normalized spacial score (nSPS) is 10.2. The van der Waals surface area contributed by atoms with E-state index in [1.54, 1.807) is 17.8 Å². The first kappa shape index (κ1) is 9.98. The minimum atomic E-state index is 0.0444. The first-order valence-corrected chi connectivity index (χ1v) is 5.48. The lowest BCUT2D eigenvalue weighted by molar-refractivity contribution is 0.0989. The van der Waals surface area contributed by atoms with Gasteiger partial charge in [0.25, 0.3) is 0 Å². The van der Waals surface area contributed by atoms with Crippen molar-refractivity contribution in [3.63, 3.8) is 0 Å². The molecule has 0 N–H and O–H groups in total. The maximum atomic E-state index is 11.8. The number of ketones is 1. The molecule has 4 heteroatoms. The number of thiazole rings is 1. The standard InChI is InChI=1S/C11H10N2OS/c1-8-3-2-4-10(13-8)11(14)5-9-6-12-7-15-9/h2-4,6-7H,5H2,1H3. The van der Waals surface area contributed by atoms with Crippen LogP contribution in [0.4, 0.5) is 0 Å². The number of nitrogens with zero attached hydrogens (tertiary/aromatic N) is 2. The molecule has 0 unspecified atom stereocenters. The van der Waals surface area contributed by atoms with Crippen LogP contribution in [0.1, 0.15) is 21.1 Å². The molecule has 2 aromatic rings. The molecule has 2 heterocycles. The van der Waals surface area contributed by atoms with Crippen LogP contribution in [0.2, 0.25) is 0 Å². The third-order valence-corrected chi connectivity index (χ3v) is 2.77. The molecule has 0 saturated carbocycles. The van der Waals surface area contributed by atoms with Gasteiger partial charge >= 0.3 is 0 Å². The van der Waals surface area contributed by atoms with E-state index in [4.69, 9.17) is 0 Å². The summed E-state index contributed by atoms with van der Waals surface area (Å²) in [5.41, 5.74) is 3.13. The Morgan fingerprint density at radius 2 is 2.33 bits per heavy atom. The molecule has 0 aromatic carbocycles. The molecule has 0 spiro atoms. The van der Waals surface area contributed by atoms with Crippen LogP contribution in [0.15, 0.2) is 29.9 Å². The molecule has 0 radical (unpaired) electrons. The average Bonchev–Trinajstić information content (AvgIpc) is 2.70. The molecule has 0 aliphatic rings. The van der Waals surface area contributed by atoms with E-state index in [2.05, 4.69) is 9.97 Å². The van der Waals surface area contributed by atoms with Crippen molar-refractivity contribution < 1.29 is 4.79 Å². The Balaban J connectivity index is 2.15. The molecular weight excluding hydrogens is 208 g/mol. The molecule has 0 bridgehead atoms. The van der Waals surface area contributed by atoms with E-state index in [1.807, 2.05) is 19.1 Å². The number of Topliss-reactive ketones (excluding diaryl/α,β-unsaturated/α-hetero) is 1. The van der Waals surface area contributed by atoms with Gasteiger partial charge in [0.1, 0.15) is 5.69 Å². The Hall–Kier alpha value is -1.55. The van der Waals surface area contributed by atoms with Gasteiger partial charge in [0, 0.05) is 23.2 Å². The van der Waals surface area contributed by atoms with Crippen LogP contribution in [-0.4, -0.2) is 15.8 Å². The zero-order valence-electron chi connectivity index (χ0n) is 8.30. The van der Waals surface area contributed by atoms with Crippen LogP contribution in [0.5, 0.6) is 0 Å². The van der Waals surface area contributed by atoms with Gasteiger partial charge in [-0.3, -0.25) is 14.8 Å². The predicted molar refractivity (Wildman–Crippen MR) is 59.1 cm³/mol. The Kier molecular flexibility index (Phi) is 2.87. The van der Waals surface area contributed by atoms with Gasteiger partial charge in [-0.1, -0.05) is 6.07 Å². The lowest BCUT2D eigenvalue weighted by atomic mass is 10.2. The molecule has 2 rings (SSSR count). The molecule has 15 heavy (non-hydrogen) atoms. The number of carbonyl (C=O) groups is 1. The smallest absolute Gasteiger partial charge is 0.186 e. The average molecular weight is 218 g/mol. The Morgan fingerprint density at radius 1 is 1.47 bits per heavy atom. The van der Waals surface area contributed by atoms with E-state index in [0.29, 0.717) is 12.1 Å². The van der Waals surface area contributed by atoms with Crippen molar-refractivity contribution in [2.45, 2.75) is 13.3 Å². The third-order valence-electron chi connectivity index (χ3n) is 1.99. The van der Waals surface area contributed by atoms with E-state index < -0.39 is 0 Å². The summed E-state index contributed by atoms with van der Waals surface area (Å²) in [7, 11) is 0. The second-order valence-corrected chi connectivity index (χ2v) is 4.20. The predicted octanol–water partition coefficient (Wildman–Crippen LogP) is 2.27. The summed E-state index contributed by atoms with van der Waals surface area (Å²) in [4.78, 5) is 20.9. The quantitative estimate of drug-likeness (QED) is 0.742. The largest absolute Gasteiger partial charge is 0.292 e. The molecule has 0 amide bonds. The highest BCUT2D eigenvalue weighted by Crippen LogP contribution is 2.10. The molecule has 2 aromatic heterocycles. The highest BCUT2D eigenvalue weighted by molar-refractivity contribution is 7.09. The van der Waals surface area contributed by atoms with Crippen LogP contribution in [0.3, 0.4) is 0 Å². The number of pyridine rings is 1. The molecule has 3 nitrogen and oxygen atoms in total. The van der Waals surface area contributed by atoms with Crippen molar-refractivity contribution in [1.29, 1.82) is 0 Å². The van der Waals surface area contributed by atoms with E-state index in [1.165, 1.54) is 11.3 Å². The summed E-state index contributed by atoms with van der Waals surface area (Å²) in [6.45, 7) is 1.88. The topological polar surface area (TPSA) is 42.9 Å². The zero-order chi connectivity index (χ0) is 10.7. The van der Waals surface area contributed by atoms with Gasteiger partial charge in [-0.15, -0.1) is 11.3 Å². The van der Waals surface area contributed by atoms with Crippen molar-refractivity contribution in [3.05, 3.63) is 46.2 Å². The van der Waals surface area contributed by atoms with E-state index in [-0.39, 0.29) is 5.78 Å². The van der Waals surface area contributed by atoms with Crippen molar-refractivity contribution in [3.8, 4) is 0 Å². The second kappa shape index (κ2) is 4.31. The number of aromatic nitrogens is 2. The van der Waals surface area contributed by atoms with Crippen LogP contribution in [-0.2, 0) is 6.42 Å². The lowest BCUT2D eigenvalue weighted by Crippen LogP contribution is -2.05. The first-order valence-electron chi connectivity index (χ1n) is 4.60. The highest BCUT2D eigenvalue weighted by atomic mass is 32.1. The SMILES string of the molecule is Cc1cccc(C(=O)Cc2cncs2)n1. The second-order valence-electron chi connectivity index (χ2n) is 3.23. The summed E-state index contributed by atoms with van der Waals surface area (Å²) >= 11 is 1.49. The number of hydrogen-bond donors (Lipinski definition) is 0. The number of carbonyl (C=O) groups excluding carboxylic acids is 1. The Morgan fingerprint density at radius 3 is 3.00 bits per heavy atom. The molecular formula is C11H10N2OS.